The largest absolute Gasteiger partial charge is 0.480 e. The maximum Gasteiger partial charge on any atom is 0.326 e. The molecule has 0 aliphatic carbocycles. The third-order valence-electron chi connectivity index (χ3n) is 3.74. The van der Waals surface area contributed by atoms with E-state index >= 15 is 0 Å². The Bertz CT molecular complexity index is 810. The molecule has 0 saturated carbocycles. The molecule has 8 heteroatoms. The van der Waals surface area contributed by atoms with Gasteiger partial charge in [0.25, 0.3) is 5.91 Å². The number of carbonyl (C=O) groups is 3. The Kier molecular flexibility index (Phi) is 6.87. The first-order chi connectivity index (χ1) is 12.9. The number of carboxylic acids is 1. The zero-order chi connectivity index (χ0) is 19.8. The number of nitrogens with one attached hydrogen (secondary N) is 1. The van der Waals surface area contributed by atoms with Crippen LogP contribution in [-0.2, 0) is 9.59 Å². The highest BCUT2D eigenvalue weighted by Crippen LogP contribution is 2.21. The minimum atomic E-state index is -1.15. The van der Waals surface area contributed by atoms with Crippen LogP contribution in [0.4, 0.5) is 0 Å². The van der Waals surface area contributed by atoms with Crippen molar-refractivity contribution in [3.63, 3.8) is 0 Å². The Morgan fingerprint density at radius 1 is 1.19 bits per heavy atom. The van der Waals surface area contributed by atoms with E-state index in [0.29, 0.717) is 11.5 Å². The Balaban J connectivity index is 2.19. The molecule has 2 aromatic rings. The van der Waals surface area contributed by atoms with E-state index in [0.717, 1.165) is 4.90 Å². The molecule has 0 aliphatic heterocycles. The quantitative estimate of drug-likeness (QED) is 0.734. The number of ether oxygens (including phenoxy) is 1. The number of hydrogen-bond acceptors (Lipinski definition) is 5. The number of nitrogens with zero attached hydrogens (tertiary/aromatic N) is 2. The van der Waals surface area contributed by atoms with Crippen LogP contribution in [-0.4, -0.2) is 51.9 Å². The molecule has 0 spiro atoms. The van der Waals surface area contributed by atoms with Crippen LogP contribution in [0.1, 0.15) is 24.3 Å². The zero-order valence-corrected chi connectivity index (χ0v) is 15.1. The maximum absolute atomic E-state index is 12.8. The molecular weight excluding hydrogens is 350 g/mol. The minimum absolute atomic E-state index is 0.0390. The fourth-order valence-corrected chi connectivity index (χ4v) is 2.32. The molecule has 0 radical (unpaired) electrons. The summed E-state index contributed by atoms with van der Waals surface area (Å²) in [5.41, 5.74) is 0.0550. The van der Waals surface area contributed by atoms with Gasteiger partial charge in [0.2, 0.25) is 5.91 Å². The van der Waals surface area contributed by atoms with E-state index in [2.05, 4.69) is 10.3 Å². The van der Waals surface area contributed by atoms with Crippen LogP contribution < -0.4 is 10.1 Å². The highest BCUT2D eigenvalue weighted by Gasteiger charge is 2.27. The van der Waals surface area contributed by atoms with Gasteiger partial charge in [-0.2, -0.15) is 0 Å². The van der Waals surface area contributed by atoms with E-state index in [1.165, 1.54) is 26.1 Å². The second-order valence-electron chi connectivity index (χ2n) is 5.79. The van der Waals surface area contributed by atoms with Crippen molar-refractivity contribution >= 4 is 17.8 Å². The van der Waals surface area contributed by atoms with Crippen molar-refractivity contribution in [3.05, 3.63) is 54.4 Å². The number of carboxylic acid groups (broad SMARTS) is 1. The Morgan fingerprint density at radius 2 is 1.89 bits per heavy atom. The molecule has 2 N–H and O–H groups in total. The van der Waals surface area contributed by atoms with Gasteiger partial charge in [-0.05, 0) is 25.1 Å². The van der Waals surface area contributed by atoms with Crippen molar-refractivity contribution < 1.29 is 24.2 Å². The molecule has 2 rings (SSSR count). The molecule has 27 heavy (non-hydrogen) atoms. The van der Waals surface area contributed by atoms with Crippen molar-refractivity contribution in [1.29, 1.82) is 0 Å². The van der Waals surface area contributed by atoms with Crippen LogP contribution in [0, 0.1) is 0 Å². The van der Waals surface area contributed by atoms with E-state index in [4.69, 9.17) is 4.74 Å². The Morgan fingerprint density at radius 3 is 2.52 bits per heavy atom. The summed E-state index contributed by atoms with van der Waals surface area (Å²) >= 11 is 0. The molecular formula is C19H21N3O5. The van der Waals surface area contributed by atoms with Crippen LogP contribution in [0.5, 0.6) is 11.5 Å². The maximum atomic E-state index is 12.8. The number of para-hydroxylation sites is 1. The normalized spacial score (nSPS) is 11.3. The van der Waals surface area contributed by atoms with E-state index in [1.54, 1.807) is 18.2 Å². The Hall–Kier alpha value is -3.42. The molecule has 2 amide bonds. The first-order valence-electron chi connectivity index (χ1n) is 8.35. The number of hydrogen-bond donors (Lipinski definition) is 2. The number of rotatable bonds is 8. The average Bonchev–Trinajstić information content (AvgIpc) is 2.65. The molecule has 1 aromatic heterocycles. The minimum Gasteiger partial charge on any atom is -0.480 e. The molecule has 1 atom stereocenters. The molecule has 0 aliphatic rings. The van der Waals surface area contributed by atoms with Gasteiger partial charge in [-0.25, -0.2) is 4.79 Å². The topological polar surface area (TPSA) is 109 Å². The number of amides is 2. The highest BCUT2D eigenvalue weighted by molar-refractivity contribution is 5.95. The van der Waals surface area contributed by atoms with Crippen molar-refractivity contribution in [2.24, 2.45) is 0 Å². The van der Waals surface area contributed by atoms with Gasteiger partial charge in [0.05, 0.1) is 0 Å². The molecule has 0 bridgehead atoms. The van der Waals surface area contributed by atoms with E-state index in [9.17, 15) is 19.5 Å². The number of carbonyl (C=O) groups excluding carboxylic acids is 2. The summed E-state index contributed by atoms with van der Waals surface area (Å²) in [6.07, 6.45) is 1.42. The van der Waals surface area contributed by atoms with Gasteiger partial charge < -0.3 is 20.1 Å². The van der Waals surface area contributed by atoms with E-state index in [1.807, 2.05) is 18.2 Å². The second-order valence-corrected chi connectivity index (χ2v) is 5.79. The van der Waals surface area contributed by atoms with Crippen LogP contribution in [0.3, 0.4) is 0 Å². The molecule has 0 fully saturated rings. The third-order valence-corrected chi connectivity index (χ3v) is 3.74. The Labute approximate surface area is 156 Å². The molecule has 8 nitrogen and oxygen atoms in total. The predicted octanol–water partition coefficient (Wildman–Crippen LogP) is 1.93. The number of aromatic nitrogens is 1. The molecule has 1 heterocycles. The van der Waals surface area contributed by atoms with Crippen LogP contribution in [0.2, 0.25) is 0 Å². The number of aliphatic carboxylic acids is 1. The number of pyridine rings is 1. The fraction of sp³-hybridized carbons (Fsp3) is 0.263. The van der Waals surface area contributed by atoms with Gasteiger partial charge in [-0.3, -0.25) is 14.6 Å². The summed E-state index contributed by atoms with van der Waals surface area (Å²) in [6.45, 7) is 2.92. The fourth-order valence-electron chi connectivity index (χ4n) is 2.32. The SMILES string of the molecule is CC(=O)NCCN(C(=O)c1cc(Oc2ccccc2)ccn1)C(C)C(=O)O. The first-order valence-corrected chi connectivity index (χ1v) is 8.35. The van der Waals surface area contributed by atoms with E-state index in [-0.39, 0.29) is 24.7 Å². The van der Waals surface area contributed by atoms with Gasteiger partial charge in [-0.15, -0.1) is 0 Å². The smallest absolute Gasteiger partial charge is 0.326 e. The van der Waals surface area contributed by atoms with Gasteiger partial charge in [0, 0.05) is 32.3 Å². The van der Waals surface area contributed by atoms with Gasteiger partial charge >= 0.3 is 5.97 Å². The number of benzene rings is 1. The second kappa shape index (κ2) is 9.33. The van der Waals surface area contributed by atoms with Crippen molar-refractivity contribution in [2.75, 3.05) is 13.1 Å². The average molecular weight is 371 g/mol. The lowest BCUT2D eigenvalue weighted by Crippen LogP contribution is -2.47. The summed E-state index contributed by atoms with van der Waals surface area (Å²) in [5.74, 6) is -0.966. The summed E-state index contributed by atoms with van der Waals surface area (Å²) in [7, 11) is 0. The van der Waals surface area contributed by atoms with Gasteiger partial charge in [-0.1, -0.05) is 18.2 Å². The summed E-state index contributed by atoms with van der Waals surface area (Å²) in [4.78, 5) is 40.4. The highest BCUT2D eigenvalue weighted by atomic mass is 16.5. The van der Waals surface area contributed by atoms with Gasteiger partial charge in [0.1, 0.15) is 23.2 Å². The lowest BCUT2D eigenvalue weighted by Gasteiger charge is -2.26. The zero-order valence-electron chi connectivity index (χ0n) is 15.1. The molecule has 142 valence electrons. The monoisotopic (exact) mass is 371 g/mol. The third kappa shape index (κ3) is 5.81. The summed E-state index contributed by atoms with van der Waals surface area (Å²) < 4.78 is 5.69. The van der Waals surface area contributed by atoms with Crippen LogP contribution >= 0.6 is 0 Å². The van der Waals surface area contributed by atoms with Gasteiger partial charge in [0.15, 0.2) is 0 Å². The van der Waals surface area contributed by atoms with E-state index < -0.39 is 17.9 Å². The predicted molar refractivity (Wildman–Crippen MR) is 97.6 cm³/mol. The lowest BCUT2D eigenvalue weighted by atomic mass is 10.2. The lowest BCUT2D eigenvalue weighted by molar-refractivity contribution is -0.141. The van der Waals surface area contributed by atoms with Crippen molar-refractivity contribution in [3.8, 4) is 11.5 Å². The molecule has 1 unspecified atom stereocenters. The molecule has 0 saturated heterocycles. The standard InChI is InChI=1S/C19H21N3O5/c1-13(19(25)26)22(11-10-20-14(2)23)18(24)17-12-16(8-9-21-17)27-15-6-4-3-5-7-15/h3-9,12-13H,10-11H2,1-2H3,(H,20,23)(H,25,26). The first kappa shape index (κ1) is 19.9. The van der Waals surface area contributed by atoms with Crippen molar-refractivity contribution in [1.82, 2.24) is 15.2 Å². The summed E-state index contributed by atoms with van der Waals surface area (Å²) in [5, 5.41) is 11.8. The van der Waals surface area contributed by atoms with Crippen LogP contribution in [0.15, 0.2) is 48.7 Å². The van der Waals surface area contributed by atoms with Crippen molar-refractivity contribution in [2.45, 2.75) is 19.9 Å². The summed E-state index contributed by atoms with van der Waals surface area (Å²) in [6, 6.07) is 11.0. The molecule has 1 aromatic carbocycles. The van der Waals surface area contributed by atoms with Crippen LogP contribution in [0.25, 0.3) is 0 Å².